The zero-order chi connectivity index (χ0) is 29.5. The van der Waals surface area contributed by atoms with Crippen molar-refractivity contribution in [2.24, 2.45) is 0 Å². The van der Waals surface area contributed by atoms with E-state index in [1.807, 2.05) is 0 Å². The van der Waals surface area contributed by atoms with Crippen molar-refractivity contribution in [1.29, 1.82) is 0 Å². The Morgan fingerprint density at radius 1 is 0.805 bits per heavy atom. The molecule has 0 amide bonds. The van der Waals surface area contributed by atoms with Gasteiger partial charge < -0.3 is 14.6 Å². The van der Waals surface area contributed by atoms with Crippen LogP contribution in [0.3, 0.4) is 0 Å². The first-order valence-electron chi connectivity index (χ1n) is 11.9. The molecule has 0 atom stereocenters. The maximum atomic E-state index is 14.2. The quantitative estimate of drug-likeness (QED) is 0.138. The summed E-state index contributed by atoms with van der Waals surface area (Å²) in [7, 11) is 2.88. The number of carbonyl (C=O) groups excluding carboxylic acids is 1. The van der Waals surface area contributed by atoms with Gasteiger partial charge in [0.2, 0.25) is 0 Å². The predicted molar refractivity (Wildman–Crippen MR) is 155 cm³/mol. The van der Waals surface area contributed by atoms with Crippen LogP contribution in [0.4, 0.5) is 8.78 Å². The lowest BCUT2D eigenvalue weighted by Gasteiger charge is -2.10. The van der Waals surface area contributed by atoms with Gasteiger partial charge in [-0.1, -0.05) is 12.1 Å². The summed E-state index contributed by atoms with van der Waals surface area (Å²) in [5, 5.41) is 11.2. The minimum Gasteiger partial charge on any atom is -0.496 e. The molecule has 4 heterocycles. The van der Waals surface area contributed by atoms with Gasteiger partial charge in [-0.2, -0.15) is 0 Å². The van der Waals surface area contributed by atoms with Crippen molar-refractivity contribution in [3.05, 3.63) is 83.9 Å². The standard InChI is InChI=1S/C14H11FN2O2.C14H9FN2O2.CH2Cl2/c2*1-19-11-6-9(7-18)17-14-12(11)10(15)5-8-3-2-4-16-13(8)14;2-1-3/h2-6,18H,7H2,1H3;2-7H,1H3;1H2. The van der Waals surface area contributed by atoms with Crippen LogP contribution in [0.25, 0.3) is 43.6 Å². The molecule has 0 radical (unpaired) electrons. The number of aliphatic hydroxyl groups excluding tert-OH is 1. The summed E-state index contributed by atoms with van der Waals surface area (Å²) in [4.78, 5) is 27.7. The van der Waals surface area contributed by atoms with Crippen LogP contribution in [0, 0.1) is 11.6 Å². The van der Waals surface area contributed by atoms with E-state index in [0.29, 0.717) is 50.6 Å². The Kier molecular flexibility index (Phi) is 9.72. The molecule has 210 valence electrons. The van der Waals surface area contributed by atoms with E-state index >= 15 is 0 Å². The summed E-state index contributed by atoms with van der Waals surface area (Å²) in [5.41, 5.74) is 2.47. The maximum Gasteiger partial charge on any atom is 0.168 e. The third kappa shape index (κ3) is 6.09. The molecule has 0 aliphatic carbocycles. The summed E-state index contributed by atoms with van der Waals surface area (Å²) < 4.78 is 38.7. The largest absolute Gasteiger partial charge is 0.496 e. The van der Waals surface area contributed by atoms with Crippen LogP contribution < -0.4 is 9.47 Å². The number of hydrogen-bond donors (Lipinski definition) is 1. The molecule has 0 saturated heterocycles. The van der Waals surface area contributed by atoms with Crippen LogP contribution in [0.2, 0.25) is 0 Å². The van der Waals surface area contributed by atoms with Crippen LogP contribution in [-0.4, -0.2) is 50.9 Å². The lowest BCUT2D eigenvalue weighted by Crippen LogP contribution is -1.97. The molecule has 6 rings (SSSR count). The van der Waals surface area contributed by atoms with Crippen molar-refractivity contribution >= 4 is 73.1 Å². The van der Waals surface area contributed by atoms with Gasteiger partial charge in [0.15, 0.2) is 6.29 Å². The first-order valence-corrected chi connectivity index (χ1v) is 13.0. The van der Waals surface area contributed by atoms with E-state index in [2.05, 4.69) is 19.9 Å². The number of alkyl halides is 2. The van der Waals surface area contributed by atoms with Crippen LogP contribution in [0.1, 0.15) is 16.2 Å². The SMILES string of the molecule is COc1cc(C=O)nc2c1c(F)cc1cccnc12.COc1cc(CO)nc2c1c(F)cc1cccnc12.ClCCl. The van der Waals surface area contributed by atoms with Crippen molar-refractivity contribution in [3.8, 4) is 11.5 Å². The van der Waals surface area contributed by atoms with E-state index in [4.69, 9.17) is 32.7 Å². The zero-order valence-electron chi connectivity index (χ0n) is 21.7. The zero-order valence-corrected chi connectivity index (χ0v) is 23.2. The molecular weight excluding hydrogens is 577 g/mol. The summed E-state index contributed by atoms with van der Waals surface area (Å²) in [5.74, 6) is -0.238. The molecular formula is C29H22Cl2F2N4O4. The van der Waals surface area contributed by atoms with Gasteiger partial charge in [0.25, 0.3) is 0 Å². The molecule has 6 aromatic rings. The van der Waals surface area contributed by atoms with E-state index in [0.717, 1.165) is 0 Å². The highest BCUT2D eigenvalue weighted by Crippen LogP contribution is 2.33. The molecule has 4 aromatic heterocycles. The fourth-order valence-corrected chi connectivity index (χ4v) is 4.26. The Bertz CT molecular complexity index is 1880. The normalized spacial score (nSPS) is 10.6. The number of aliphatic hydroxyl groups is 1. The second-order valence-corrected chi connectivity index (χ2v) is 9.06. The minimum absolute atomic E-state index is 0.182. The van der Waals surface area contributed by atoms with Crippen molar-refractivity contribution < 1.29 is 28.2 Å². The van der Waals surface area contributed by atoms with E-state index < -0.39 is 11.6 Å². The predicted octanol–water partition coefficient (Wildman–Crippen LogP) is 6.59. The third-order valence-electron chi connectivity index (χ3n) is 5.93. The minimum atomic E-state index is -0.447. The lowest BCUT2D eigenvalue weighted by atomic mass is 10.1. The van der Waals surface area contributed by atoms with E-state index in [-0.39, 0.29) is 34.2 Å². The lowest BCUT2D eigenvalue weighted by molar-refractivity contribution is 0.111. The second-order valence-electron chi connectivity index (χ2n) is 8.26. The number of carbonyl (C=O) groups is 1. The molecule has 12 heteroatoms. The number of hydrogen-bond acceptors (Lipinski definition) is 8. The van der Waals surface area contributed by atoms with Crippen LogP contribution in [-0.2, 0) is 6.61 Å². The van der Waals surface area contributed by atoms with E-state index in [9.17, 15) is 18.7 Å². The summed E-state index contributed by atoms with van der Waals surface area (Å²) in [6.07, 6.45) is 3.82. The van der Waals surface area contributed by atoms with Crippen molar-refractivity contribution in [2.45, 2.75) is 6.61 Å². The number of aldehydes is 1. The molecule has 41 heavy (non-hydrogen) atoms. The molecule has 0 bridgehead atoms. The van der Waals surface area contributed by atoms with Gasteiger partial charge in [-0.15, -0.1) is 23.2 Å². The van der Waals surface area contributed by atoms with Crippen molar-refractivity contribution in [3.63, 3.8) is 0 Å². The first-order chi connectivity index (χ1) is 19.9. The smallest absolute Gasteiger partial charge is 0.168 e. The summed E-state index contributed by atoms with van der Waals surface area (Å²) in [6.45, 7) is -0.239. The molecule has 0 fully saturated rings. The van der Waals surface area contributed by atoms with Crippen molar-refractivity contribution in [2.75, 3.05) is 19.6 Å². The van der Waals surface area contributed by atoms with Gasteiger partial charge in [0.1, 0.15) is 39.9 Å². The average molecular weight is 599 g/mol. The number of ether oxygens (including phenoxy) is 2. The monoisotopic (exact) mass is 598 g/mol. The number of fused-ring (bicyclic) bond motifs is 6. The van der Waals surface area contributed by atoms with Gasteiger partial charge in [0.05, 0.1) is 53.7 Å². The number of pyridine rings is 4. The Morgan fingerprint density at radius 3 is 1.76 bits per heavy atom. The summed E-state index contributed by atoms with van der Waals surface area (Å²) >= 11 is 9.53. The van der Waals surface area contributed by atoms with Crippen molar-refractivity contribution in [1.82, 2.24) is 19.9 Å². The number of rotatable bonds is 4. The van der Waals surface area contributed by atoms with Gasteiger partial charge in [-0.3, -0.25) is 14.8 Å². The maximum absolute atomic E-state index is 14.2. The van der Waals surface area contributed by atoms with Gasteiger partial charge in [0, 0.05) is 35.3 Å². The number of halogens is 4. The van der Waals surface area contributed by atoms with E-state index in [1.54, 1.807) is 36.7 Å². The molecule has 0 aliphatic heterocycles. The van der Waals surface area contributed by atoms with Gasteiger partial charge >= 0.3 is 0 Å². The molecule has 2 aromatic carbocycles. The highest BCUT2D eigenvalue weighted by molar-refractivity contribution is 6.40. The fourth-order valence-electron chi connectivity index (χ4n) is 4.26. The first kappa shape index (κ1) is 29.7. The summed E-state index contributed by atoms with van der Waals surface area (Å²) in [6, 6.07) is 12.7. The van der Waals surface area contributed by atoms with Crippen LogP contribution in [0.5, 0.6) is 11.5 Å². The second kappa shape index (κ2) is 13.4. The van der Waals surface area contributed by atoms with Crippen LogP contribution in [0.15, 0.2) is 60.9 Å². The number of nitrogens with zero attached hydrogens (tertiary/aromatic N) is 4. The molecule has 0 spiro atoms. The number of aromatic nitrogens is 4. The topological polar surface area (TPSA) is 107 Å². The van der Waals surface area contributed by atoms with Gasteiger partial charge in [-0.05, 0) is 24.3 Å². The number of benzene rings is 2. The van der Waals surface area contributed by atoms with Gasteiger partial charge in [-0.25, -0.2) is 18.7 Å². The molecule has 8 nitrogen and oxygen atoms in total. The Labute approximate surface area is 242 Å². The molecule has 0 unspecified atom stereocenters. The third-order valence-corrected chi connectivity index (χ3v) is 5.93. The number of methoxy groups -OCH3 is 2. The van der Waals surface area contributed by atoms with Crippen LogP contribution >= 0.6 is 23.2 Å². The highest BCUT2D eigenvalue weighted by atomic mass is 35.5. The average Bonchev–Trinajstić information content (AvgIpc) is 3.00. The Morgan fingerprint density at radius 2 is 1.29 bits per heavy atom. The Hall–Kier alpha value is -4.25. The molecule has 1 N–H and O–H groups in total. The highest BCUT2D eigenvalue weighted by Gasteiger charge is 2.16. The fraction of sp³-hybridized carbons (Fsp3) is 0.138. The molecule has 0 saturated carbocycles. The Balaban J connectivity index is 0.000000173. The molecule has 0 aliphatic rings. The van der Waals surface area contributed by atoms with E-state index in [1.165, 1.54) is 38.5 Å².